The van der Waals surface area contributed by atoms with Gasteiger partial charge in [-0.25, -0.2) is 9.97 Å². The van der Waals surface area contributed by atoms with Crippen LogP contribution in [0.3, 0.4) is 0 Å². The van der Waals surface area contributed by atoms with Gasteiger partial charge in [0.25, 0.3) is 0 Å². The first-order valence-corrected chi connectivity index (χ1v) is 15.4. The molecule has 2 aromatic carbocycles. The number of rotatable bonds is 7. The maximum Gasteiger partial charge on any atom is 0.213 e. The van der Waals surface area contributed by atoms with Crippen LogP contribution in [0.4, 0.5) is 10.1 Å². The SMILES string of the molecule is CN1CC2(CCN(C/C=C/c3ccc(Cl)c(Cl)c3)CC2)c2cc(-c3ccc(C#N)nc3)ccc21.O=CNCc1ccnc(F)c1. The Balaban J connectivity index is 0.000000309. The van der Waals surface area contributed by atoms with E-state index in [1.54, 1.807) is 18.3 Å². The summed E-state index contributed by atoms with van der Waals surface area (Å²) >= 11 is 12.1. The molecule has 2 aliphatic heterocycles. The van der Waals surface area contributed by atoms with Gasteiger partial charge in [-0.05, 0) is 96.7 Å². The van der Waals surface area contributed by atoms with Crippen molar-refractivity contribution < 1.29 is 9.18 Å². The van der Waals surface area contributed by atoms with E-state index in [0.29, 0.717) is 34.3 Å². The summed E-state index contributed by atoms with van der Waals surface area (Å²) in [6, 6.07) is 21.3. The van der Waals surface area contributed by atoms with Crippen molar-refractivity contribution in [3.8, 4) is 17.2 Å². The zero-order valence-corrected chi connectivity index (χ0v) is 26.4. The number of hydrogen-bond acceptors (Lipinski definition) is 6. The molecule has 6 rings (SSSR count). The lowest BCUT2D eigenvalue weighted by Crippen LogP contribution is -2.44. The summed E-state index contributed by atoms with van der Waals surface area (Å²) in [6.45, 7) is 4.46. The molecule has 1 amide bonds. The fourth-order valence-electron chi connectivity index (χ4n) is 5.99. The van der Waals surface area contributed by atoms with Gasteiger partial charge in [0, 0.05) is 55.7 Å². The number of hydrogen-bond donors (Lipinski definition) is 1. The monoisotopic (exact) mass is 642 g/mol. The molecule has 0 aliphatic carbocycles. The Bertz CT molecular complexity index is 1710. The van der Waals surface area contributed by atoms with Gasteiger partial charge in [0.05, 0.1) is 10.0 Å². The van der Waals surface area contributed by atoms with Gasteiger partial charge < -0.3 is 10.2 Å². The van der Waals surface area contributed by atoms with Gasteiger partial charge >= 0.3 is 0 Å². The average Bonchev–Trinajstić information content (AvgIpc) is 3.33. The second kappa shape index (κ2) is 14.7. The fraction of sp³-hybridized carbons (Fsp3) is 0.257. The van der Waals surface area contributed by atoms with Crippen molar-refractivity contribution in [2.24, 2.45) is 0 Å². The standard InChI is InChI=1S/C28H26Cl2N4.C7H7FN2O/c1-33-19-28(24-16-21(6-9-27(24)33)22-5-7-23(17-31)32-18-22)10-13-34(14-11-28)12-2-3-20-4-8-25(29)26(30)15-20;8-7-3-6(1-2-10-7)4-9-5-11/h2-9,15-16,18H,10-14,19H2,1H3;1-3,5H,4H2,(H,9,11)/b3-2+;. The molecular formula is C35H33Cl2FN6O. The molecule has 0 atom stereocenters. The number of benzene rings is 2. The topological polar surface area (TPSA) is 85.1 Å². The number of aromatic nitrogens is 2. The summed E-state index contributed by atoms with van der Waals surface area (Å²) in [7, 11) is 2.20. The Hall–Kier alpha value is -4.29. The van der Waals surface area contributed by atoms with E-state index in [-0.39, 0.29) is 5.41 Å². The molecule has 1 N–H and O–H groups in total. The summed E-state index contributed by atoms with van der Waals surface area (Å²) in [5, 5.41) is 12.6. The number of likely N-dealkylation sites (N-methyl/N-ethyl adjacent to an activating group) is 1. The van der Waals surface area contributed by atoms with Gasteiger partial charge in [-0.1, -0.05) is 47.5 Å². The maximum atomic E-state index is 12.4. The molecule has 4 heterocycles. The zero-order chi connectivity index (χ0) is 31.8. The van der Waals surface area contributed by atoms with E-state index < -0.39 is 5.95 Å². The zero-order valence-electron chi connectivity index (χ0n) is 24.9. The van der Waals surface area contributed by atoms with Crippen LogP contribution in [0.5, 0.6) is 0 Å². The molecule has 0 radical (unpaired) electrons. The van der Waals surface area contributed by atoms with Crippen LogP contribution < -0.4 is 10.2 Å². The number of carbonyl (C=O) groups is 1. The van der Waals surface area contributed by atoms with Crippen molar-refractivity contribution in [1.29, 1.82) is 5.26 Å². The summed E-state index contributed by atoms with van der Waals surface area (Å²) in [5.74, 6) is -0.532. The Kier molecular flexibility index (Phi) is 10.5. The molecule has 4 aromatic rings. The van der Waals surface area contributed by atoms with Crippen LogP contribution in [-0.2, 0) is 16.8 Å². The number of amides is 1. The summed E-state index contributed by atoms with van der Waals surface area (Å²) in [5.41, 5.74) is 7.39. The third-order valence-electron chi connectivity index (χ3n) is 8.34. The summed E-state index contributed by atoms with van der Waals surface area (Å²) in [4.78, 5) is 22.4. The highest BCUT2D eigenvalue weighted by Crippen LogP contribution is 2.47. The number of fused-ring (bicyclic) bond motifs is 2. The number of nitrogens with zero attached hydrogens (tertiary/aromatic N) is 5. The molecule has 1 fully saturated rings. The first-order chi connectivity index (χ1) is 21.8. The molecule has 0 bridgehead atoms. The molecule has 230 valence electrons. The van der Waals surface area contributed by atoms with Crippen molar-refractivity contribution in [2.45, 2.75) is 24.8 Å². The van der Waals surface area contributed by atoms with Gasteiger partial charge in [0.2, 0.25) is 12.4 Å². The minimum absolute atomic E-state index is 0.185. The summed E-state index contributed by atoms with van der Waals surface area (Å²) < 4.78 is 12.4. The van der Waals surface area contributed by atoms with Crippen LogP contribution >= 0.6 is 23.2 Å². The number of pyridine rings is 2. The molecule has 0 saturated carbocycles. The molecule has 7 nitrogen and oxygen atoms in total. The molecule has 1 saturated heterocycles. The molecule has 0 unspecified atom stereocenters. The highest BCUT2D eigenvalue weighted by atomic mass is 35.5. The van der Waals surface area contributed by atoms with Gasteiger partial charge in [0.1, 0.15) is 11.8 Å². The smallest absolute Gasteiger partial charge is 0.213 e. The highest BCUT2D eigenvalue weighted by molar-refractivity contribution is 6.42. The molecular weight excluding hydrogens is 610 g/mol. The minimum Gasteiger partial charge on any atom is -0.373 e. The van der Waals surface area contributed by atoms with Crippen LogP contribution in [-0.4, -0.2) is 54.5 Å². The number of nitriles is 1. The predicted molar refractivity (Wildman–Crippen MR) is 178 cm³/mol. The third kappa shape index (κ3) is 7.87. The van der Waals surface area contributed by atoms with Crippen LogP contribution in [0, 0.1) is 17.3 Å². The van der Waals surface area contributed by atoms with Crippen LogP contribution in [0.25, 0.3) is 17.2 Å². The number of carbonyl (C=O) groups excluding carboxylic acids is 1. The normalized spacial score (nSPS) is 15.3. The number of likely N-dealkylation sites (tertiary alicyclic amines) is 1. The first kappa shape index (κ1) is 32.1. The van der Waals surface area contributed by atoms with Crippen molar-refractivity contribution in [2.75, 3.05) is 38.1 Å². The fourth-order valence-corrected chi connectivity index (χ4v) is 6.29. The second-order valence-corrected chi connectivity index (χ2v) is 12.1. The number of nitrogens with one attached hydrogen (secondary N) is 1. The lowest BCUT2D eigenvalue weighted by atomic mass is 9.73. The van der Waals surface area contributed by atoms with E-state index in [1.165, 1.54) is 23.5 Å². The highest BCUT2D eigenvalue weighted by Gasteiger charge is 2.43. The van der Waals surface area contributed by atoms with Crippen LogP contribution in [0.1, 0.15) is 35.2 Å². The molecule has 2 aromatic heterocycles. The molecule has 1 spiro atoms. The number of halogens is 3. The van der Waals surface area contributed by atoms with E-state index in [0.717, 1.165) is 55.7 Å². The molecule has 45 heavy (non-hydrogen) atoms. The Morgan fingerprint density at radius 3 is 2.51 bits per heavy atom. The van der Waals surface area contributed by atoms with Crippen LogP contribution in [0.15, 0.2) is 79.1 Å². The van der Waals surface area contributed by atoms with E-state index in [2.05, 4.69) is 68.6 Å². The Labute approximate surface area is 272 Å². The van der Waals surface area contributed by atoms with Gasteiger partial charge in [0.15, 0.2) is 0 Å². The lowest BCUT2D eigenvalue weighted by molar-refractivity contribution is -0.109. The lowest BCUT2D eigenvalue weighted by Gasteiger charge is -2.39. The van der Waals surface area contributed by atoms with E-state index >= 15 is 0 Å². The minimum atomic E-state index is -0.532. The first-order valence-electron chi connectivity index (χ1n) is 14.6. The maximum absolute atomic E-state index is 12.4. The number of anilines is 1. The van der Waals surface area contributed by atoms with Crippen molar-refractivity contribution in [1.82, 2.24) is 20.2 Å². The predicted octanol–water partition coefficient (Wildman–Crippen LogP) is 6.89. The van der Waals surface area contributed by atoms with Crippen LogP contribution in [0.2, 0.25) is 10.0 Å². The van der Waals surface area contributed by atoms with Gasteiger partial charge in [-0.3, -0.25) is 9.69 Å². The van der Waals surface area contributed by atoms with E-state index in [1.807, 2.05) is 24.3 Å². The second-order valence-electron chi connectivity index (χ2n) is 11.3. The molecule has 10 heteroatoms. The third-order valence-corrected chi connectivity index (χ3v) is 9.08. The van der Waals surface area contributed by atoms with E-state index in [4.69, 9.17) is 28.5 Å². The van der Waals surface area contributed by atoms with E-state index in [9.17, 15) is 9.18 Å². The van der Waals surface area contributed by atoms with Crippen molar-refractivity contribution in [3.63, 3.8) is 0 Å². The quantitative estimate of drug-likeness (QED) is 0.175. The average molecular weight is 644 g/mol. The molecule has 2 aliphatic rings. The van der Waals surface area contributed by atoms with Crippen molar-refractivity contribution >= 4 is 41.4 Å². The largest absolute Gasteiger partial charge is 0.373 e. The van der Waals surface area contributed by atoms with Crippen molar-refractivity contribution in [3.05, 3.63) is 118 Å². The van der Waals surface area contributed by atoms with Gasteiger partial charge in [-0.2, -0.15) is 9.65 Å². The Morgan fingerprint density at radius 1 is 1.02 bits per heavy atom. The van der Waals surface area contributed by atoms with Gasteiger partial charge in [-0.15, -0.1) is 0 Å². The summed E-state index contributed by atoms with van der Waals surface area (Å²) in [6.07, 6.45) is 10.3. The Morgan fingerprint density at radius 2 is 1.82 bits per heavy atom. The number of piperidine rings is 1.